The van der Waals surface area contributed by atoms with Gasteiger partial charge in [-0.2, -0.15) is 0 Å². The van der Waals surface area contributed by atoms with Crippen molar-refractivity contribution in [2.24, 2.45) is 11.7 Å². The quantitative estimate of drug-likeness (QED) is 0.911. The van der Waals surface area contributed by atoms with Gasteiger partial charge in [-0.3, -0.25) is 9.59 Å². The van der Waals surface area contributed by atoms with E-state index in [1.807, 2.05) is 6.92 Å². The van der Waals surface area contributed by atoms with E-state index in [1.54, 1.807) is 23.1 Å². The van der Waals surface area contributed by atoms with E-state index >= 15 is 0 Å². The van der Waals surface area contributed by atoms with Gasteiger partial charge in [-0.1, -0.05) is 23.2 Å². The molecule has 1 aliphatic heterocycles. The fourth-order valence-electron chi connectivity index (χ4n) is 2.48. The summed E-state index contributed by atoms with van der Waals surface area (Å²) >= 11 is 11.7. The molecule has 1 heterocycles. The topological polar surface area (TPSA) is 72.6 Å². The minimum Gasteiger partial charge on any atom is -0.484 e. The Bertz CT molecular complexity index is 580. The van der Waals surface area contributed by atoms with Crippen LogP contribution in [0.15, 0.2) is 18.2 Å². The first-order valence-electron chi connectivity index (χ1n) is 7.05. The Morgan fingerprint density at radius 1 is 1.32 bits per heavy atom. The first kappa shape index (κ1) is 16.9. The van der Waals surface area contributed by atoms with Crippen molar-refractivity contribution in [1.29, 1.82) is 0 Å². The van der Waals surface area contributed by atoms with Gasteiger partial charge in [0.15, 0.2) is 6.61 Å². The summed E-state index contributed by atoms with van der Waals surface area (Å²) in [5, 5.41) is 0.793. The molecule has 7 heteroatoms. The van der Waals surface area contributed by atoms with Crippen LogP contribution >= 0.6 is 23.2 Å². The van der Waals surface area contributed by atoms with Gasteiger partial charge in [0.2, 0.25) is 5.91 Å². The third-order valence-electron chi connectivity index (χ3n) is 3.86. The molecule has 0 aliphatic carbocycles. The van der Waals surface area contributed by atoms with Crippen molar-refractivity contribution < 1.29 is 14.3 Å². The van der Waals surface area contributed by atoms with E-state index in [-0.39, 0.29) is 30.4 Å². The number of rotatable bonds is 4. The van der Waals surface area contributed by atoms with Gasteiger partial charge in [-0.05, 0) is 31.9 Å². The monoisotopic (exact) mass is 344 g/mol. The van der Waals surface area contributed by atoms with Gasteiger partial charge in [0.05, 0.1) is 16.0 Å². The molecule has 1 aliphatic rings. The number of carbonyl (C=O) groups is 2. The highest BCUT2D eigenvalue weighted by molar-refractivity contribution is 6.42. The number of ether oxygens (including phenoxy) is 1. The molecule has 1 fully saturated rings. The number of primary amides is 1. The van der Waals surface area contributed by atoms with Crippen LogP contribution in [0.4, 0.5) is 0 Å². The zero-order valence-electron chi connectivity index (χ0n) is 12.2. The van der Waals surface area contributed by atoms with Crippen LogP contribution in [0, 0.1) is 5.92 Å². The summed E-state index contributed by atoms with van der Waals surface area (Å²) in [5.41, 5.74) is 5.34. The second-order valence-electron chi connectivity index (χ2n) is 5.44. The van der Waals surface area contributed by atoms with E-state index in [1.165, 1.54) is 0 Å². The molecule has 1 aromatic carbocycles. The van der Waals surface area contributed by atoms with E-state index in [2.05, 4.69) is 0 Å². The Morgan fingerprint density at radius 2 is 2.05 bits per heavy atom. The van der Waals surface area contributed by atoms with Crippen molar-refractivity contribution in [3.63, 3.8) is 0 Å². The molecular formula is C15H18Cl2N2O3. The molecule has 0 bridgehead atoms. The number of likely N-dealkylation sites (tertiary alicyclic amines) is 1. The minimum atomic E-state index is -0.366. The Morgan fingerprint density at radius 3 is 2.68 bits per heavy atom. The number of piperidine rings is 1. The van der Waals surface area contributed by atoms with Crippen molar-refractivity contribution >= 4 is 35.0 Å². The van der Waals surface area contributed by atoms with Crippen LogP contribution in [0.3, 0.4) is 0 Å². The fraction of sp³-hybridized carbons (Fsp3) is 0.467. The van der Waals surface area contributed by atoms with E-state index in [0.717, 1.165) is 6.42 Å². The van der Waals surface area contributed by atoms with Gasteiger partial charge in [0, 0.05) is 18.7 Å². The van der Waals surface area contributed by atoms with E-state index in [4.69, 9.17) is 33.7 Å². The average Bonchev–Trinajstić information content (AvgIpc) is 2.48. The maximum absolute atomic E-state index is 12.3. The number of halogens is 2. The second-order valence-corrected chi connectivity index (χ2v) is 6.25. The second kappa shape index (κ2) is 7.20. The summed E-state index contributed by atoms with van der Waals surface area (Å²) in [6.45, 7) is 2.18. The molecule has 0 saturated carbocycles. The summed E-state index contributed by atoms with van der Waals surface area (Å²) in [7, 11) is 0. The molecule has 2 amide bonds. The average molecular weight is 345 g/mol. The fourth-order valence-corrected chi connectivity index (χ4v) is 2.77. The third-order valence-corrected chi connectivity index (χ3v) is 4.60. The van der Waals surface area contributed by atoms with Gasteiger partial charge in [0.25, 0.3) is 5.91 Å². The Labute approximate surface area is 139 Å². The van der Waals surface area contributed by atoms with Gasteiger partial charge >= 0.3 is 0 Å². The summed E-state index contributed by atoms with van der Waals surface area (Å²) in [5.74, 6) is -0.358. The van der Waals surface area contributed by atoms with Crippen LogP contribution in [0.25, 0.3) is 0 Å². The predicted molar refractivity (Wildman–Crippen MR) is 85.1 cm³/mol. The number of benzene rings is 1. The lowest BCUT2D eigenvalue weighted by atomic mass is 9.93. The SMILES string of the molecule is CC1CCC(C(N)=O)CN1C(=O)COc1ccc(Cl)c(Cl)c1. The van der Waals surface area contributed by atoms with Crippen molar-refractivity contribution in [2.45, 2.75) is 25.8 Å². The molecule has 2 unspecified atom stereocenters. The Kier molecular flexibility index (Phi) is 5.53. The van der Waals surface area contributed by atoms with Crippen LogP contribution in [0.5, 0.6) is 5.75 Å². The first-order chi connectivity index (χ1) is 10.4. The van der Waals surface area contributed by atoms with Crippen molar-refractivity contribution in [3.8, 4) is 5.75 Å². The largest absolute Gasteiger partial charge is 0.484 e. The van der Waals surface area contributed by atoms with Crippen LogP contribution in [0.2, 0.25) is 10.0 Å². The van der Waals surface area contributed by atoms with Crippen LogP contribution in [0.1, 0.15) is 19.8 Å². The summed E-state index contributed by atoms with van der Waals surface area (Å²) in [6, 6.07) is 4.88. The van der Waals surface area contributed by atoms with Crippen LogP contribution in [-0.2, 0) is 9.59 Å². The van der Waals surface area contributed by atoms with Crippen molar-refractivity contribution in [3.05, 3.63) is 28.2 Å². The van der Waals surface area contributed by atoms with E-state index < -0.39 is 0 Å². The number of hydrogen-bond donors (Lipinski definition) is 1. The van der Waals surface area contributed by atoms with Gasteiger partial charge in [0.1, 0.15) is 5.75 Å². The molecular weight excluding hydrogens is 327 g/mol. The number of amides is 2. The number of nitrogens with two attached hydrogens (primary N) is 1. The minimum absolute atomic E-state index is 0.0699. The zero-order chi connectivity index (χ0) is 16.3. The molecule has 0 aromatic heterocycles. The molecule has 1 saturated heterocycles. The lowest BCUT2D eigenvalue weighted by molar-refractivity contribution is -0.139. The predicted octanol–water partition coefficient (Wildman–Crippen LogP) is 2.48. The summed E-state index contributed by atoms with van der Waals surface area (Å²) in [4.78, 5) is 25.2. The highest BCUT2D eigenvalue weighted by Gasteiger charge is 2.31. The number of carbonyl (C=O) groups excluding carboxylic acids is 2. The van der Waals surface area contributed by atoms with Crippen molar-refractivity contribution in [2.75, 3.05) is 13.2 Å². The molecule has 5 nitrogen and oxygen atoms in total. The Balaban J connectivity index is 1.95. The first-order valence-corrected chi connectivity index (χ1v) is 7.80. The normalized spacial score (nSPS) is 21.5. The lowest BCUT2D eigenvalue weighted by Crippen LogP contribution is -2.50. The smallest absolute Gasteiger partial charge is 0.260 e. The third kappa shape index (κ3) is 4.05. The highest BCUT2D eigenvalue weighted by Crippen LogP contribution is 2.26. The van der Waals surface area contributed by atoms with Gasteiger partial charge in [-0.25, -0.2) is 0 Å². The van der Waals surface area contributed by atoms with Crippen molar-refractivity contribution in [1.82, 2.24) is 4.90 Å². The summed E-state index contributed by atoms with van der Waals surface area (Å²) in [6.07, 6.45) is 1.47. The molecule has 2 atom stereocenters. The molecule has 0 radical (unpaired) electrons. The molecule has 120 valence electrons. The van der Waals surface area contributed by atoms with Gasteiger partial charge in [-0.15, -0.1) is 0 Å². The molecule has 22 heavy (non-hydrogen) atoms. The lowest BCUT2D eigenvalue weighted by Gasteiger charge is -2.36. The maximum atomic E-state index is 12.3. The van der Waals surface area contributed by atoms with Crippen LogP contribution in [-0.4, -0.2) is 35.9 Å². The zero-order valence-corrected chi connectivity index (χ0v) is 13.7. The summed E-state index contributed by atoms with van der Waals surface area (Å²) < 4.78 is 5.45. The maximum Gasteiger partial charge on any atom is 0.260 e. The molecule has 2 N–H and O–H groups in total. The van der Waals surface area contributed by atoms with E-state index in [9.17, 15) is 9.59 Å². The number of hydrogen-bond acceptors (Lipinski definition) is 3. The Hall–Kier alpha value is -1.46. The van der Waals surface area contributed by atoms with Gasteiger partial charge < -0.3 is 15.4 Å². The molecule has 2 rings (SSSR count). The van der Waals surface area contributed by atoms with E-state index in [0.29, 0.717) is 28.8 Å². The van der Waals surface area contributed by atoms with Crippen LogP contribution < -0.4 is 10.5 Å². The standard InChI is InChI=1S/C15H18Cl2N2O3/c1-9-2-3-10(15(18)21)7-19(9)14(20)8-22-11-4-5-12(16)13(17)6-11/h4-6,9-10H,2-3,7-8H2,1H3,(H2,18,21). The molecule has 0 spiro atoms. The highest BCUT2D eigenvalue weighted by atomic mass is 35.5. The number of nitrogens with zero attached hydrogens (tertiary/aromatic N) is 1. The molecule has 1 aromatic rings.